The third-order valence-electron chi connectivity index (χ3n) is 3.47. The molecule has 1 aromatic carbocycles. The maximum absolute atomic E-state index is 11.4. The van der Waals surface area contributed by atoms with Gasteiger partial charge in [-0.15, -0.1) is 0 Å². The van der Waals surface area contributed by atoms with Crippen LogP contribution in [-0.2, 0) is 17.8 Å². The Kier molecular flexibility index (Phi) is 2.83. The molecule has 19 heavy (non-hydrogen) atoms. The van der Waals surface area contributed by atoms with Crippen molar-refractivity contribution in [3.8, 4) is 11.3 Å². The molecule has 5 heteroatoms. The van der Waals surface area contributed by atoms with E-state index in [9.17, 15) is 4.79 Å². The van der Waals surface area contributed by atoms with E-state index in [2.05, 4.69) is 27.8 Å². The van der Waals surface area contributed by atoms with Gasteiger partial charge in [-0.25, -0.2) is 0 Å². The smallest absolute Gasteiger partial charge is 0.228 e. The van der Waals surface area contributed by atoms with Gasteiger partial charge in [0.1, 0.15) is 0 Å². The second-order valence-electron chi connectivity index (χ2n) is 4.80. The van der Waals surface area contributed by atoms with E-state index >= 15 is 0 Å². The van der Waals surface area contributed by atoms with Gasteiger partial charge in [-0.3, -0.25) is 9.89 Å². The Morgan fingerprint density at radius 3 is 3.05 bits per heavy atom. The van der Waals surface area contributed by atoms with E-state index in [-0.39, 0.29) is 5.91 Å². The van der Waals surface area contributed by atoms with Gasteiger partial charge in [0.05, 0.1) is 17.8 Å². The van der Waals surface area contributed by atoms with Crippen LogP contribution in [0.15, 0.2) is 18.2 Å². The average molecular weight is 256 g/mol. The topological polar surface area (TPSA) is 69.8 Å². The highest BCUT2D eigenvalue weighted by Crippen LogP contribution is 2.30. The van der Waals surface area contributed by atoms with Crippen LogP contribution < -0.4 is 10.6 Å². The van der Waals surface area contributed by atoms with Crippen LogP contribution in [0.1, 0.15) is 16.8 Å². The van der Waals surface area contributed by atoms with Gasteiger partial charge in [0.25, 0.3) is 0 Å². The standard InChI is InChI=1S/C14H16N4O/c1-8-12(7-15-2)17-18-14(8)9-3-4-11-10(5-9)6-13(19)16-11/h3-5,15H,6-7H2,1-2H3,(H,16,19)(H,17,18). The molecule has 98 valence electrons. The third-order valence-corrected chi connectivity index (χ3v) is 3.47. The molecule has 2 heterocycles. The number of carbonyl (C=O) groups is 1. The molecule has 1 aromatic heterocycles. The van der Waals surface area contributed by atoms with Gasteiger partial charge >= 0.3 is 0 Å². The molecular weight excluding hydrogens is 240 g/mol. The van der Waals surface area contributed by atoms with Gasteiger partial charge in [-0.1, -0.05) is 6.07 Å². The summed E-state index contributed by atoms with van der Waals surface area (Å²) in [7, 11) is 1.91. The lowest BCUT2D eigenvalue weighted by Gasteiger charge is -2.03. The Balaban J connectivity index is 1.99. The van der Waals surface area contributed by atoms with E-state index in [0.29, 0.717) is 6.42 Å². The summed E-state index contributed by atoms with van der Waals surface area (Å²) in [5.41, 5.74) is 6.19. The third kappa shape index (κ3) is 2.02. The largest absolute Gasteiger partial charge is 0.326 e. The SMILES string of the molecule is CNCc1[nH]nc(-c2ccc3c(c2)CC(=O)N3)c1C. The number of aromatic amines is 1. The van der Waals surface area contributed by atoms with Crippen LogP contribution in [0.4, 0.5) is 5.69 Å². The number of rotatable bonds is 3. The number of hydrogen-bond donors (Lipinski definition) is 3. The maximum atomic E-state index is 11.4. The lowest BCUT2D eigenvalue weighted by molar-refractivity contribution is -0.115. The molecule has 0 atom stereocenters. The molecule has 0 fully saturated rings. The van der Waals surface area contributed by atoms with Crippen LogP contribution in [0.25, 0.3) is 11.3 Å². The van der Waals surface area contributed by atoms with Crippen molar-refractivity contribution in [3.63, 3.8) is 0 Å². The zero-order valence-corrected chi connectivity index (χ0v) is 11.0. The number of aromatic nitrogens is 2. The Labute approximate surface area is 111 Å². The minimum absolute atomic E-state index is 0.0572. The number of amides is 1. The van der Waals surface area contributed by atoms with Crippen molar-refractivity contribution in [3.05, 3.63) is 35.0 Å². The summed E-state index contributed by atoms with van der Waals surface area (Å²) in [5.74, 6) is 0.0572. The van der Waals surface area contributed by atoms with E-state index in [1.54, 1.807) is 0 Å². The number of fused-ring (bicyclic) bond motifs is 1. The van der Waals surface area contributed by atoms with E-state index in [1.165, 1.54) is 0 Å². The van der Waals surface area contributed by atoms with E-state index in [0.717, 1.165) is 40.3 Å². The molecule has 1 amide bonds. The van der Waals surface area contributed by atoms with Crippen LogP contribution >= 0.6 is 0 Å². The van der Waals surface area contributed by atoms with Crippen LogP contribution in [0, 0.1) is 6.92 Å². The molecule has 5 nitrogen and oxygen atoms in total. The first-order valence-corrected chi connectivity index (χ1v) is 6.30. The molecule has 0 saturated heterocycles. The van der Waals surface area contributed by atoms with E-state index in [4.69, 9.17) is 0 Å². The summed E-state index contributed by atoms with van der Waals surface area (Å²) in [6, 6.07) is 5.98. The van der Waals surface area contributed by atoms with Crippen molar-refractivity contribution in [1.29, 1.82) is 0 Å². The van der Waals surface area contributed by atoms with E-state index in [1.807, 2.05) is 25.2 Å². The first-order valence-electron chi connectivity index (χ1n) is 6.30. The van der Waals surface area contributed by atoms with Crippen LogP contribution in [-0.4, -0.2) is 23.2 Å². The number of anilines is 1. The highest BCUT2D eigenvalue weighted by atomic mass is 16.1. The first-order chi connectivity index (χ1) is 9.19. The second-order valence-corrected chi connectivity index (χ2v) is 4.80. The Bertz CT molecular complexity index is 645. The molecule has 3 N–H and O–H groups in total. The summed E-state index contributed by atoms with van der Waals surface area (Å²) < 4.78 is 0. The van der Waals surface area contributed by atoms with Crippen LogP contribution in [0.5, 0.6) is 0 Å². The van der Waals surface area contributed by atoms with Crippen molar-refractivity contribution in [2.24, 2.45) is 0 Å². The number of benzene rings is 1. The summed E-state index contributed by atoms with van der Waals surface area (Å²) in [4.78, 5) is 11.4. The fourth-order valence-electron chi connectivity index (χ4n) is 2.44. The quantitative estimate of drug-likeness (QED) is 0.781. The average Bonchev–Trinajstić information content (AvgIpc) is 2.92. The highest BCUT2D eigenvalue weighted by Gasteiger charge is 2.19. The van der Waals surface area contributed by atoms with Gasteiger partial charge < -0.3 is 10.6 Å². The molecule has 0 radical (unpaired) electrons. The van der Waals surface area contributed by atoms with Crippen LogP contribution in [0.2, 0.25) is 0 Å². The summed E-state index contributed by atoms with van der Waals surface area (Å²) in [6.07, 6.45) is 0.454. The van der Waals surface area contributed by atoms with Gasteiger partial charge in [-0.05, 0) is 37.2 Å². The zero-order chi connectivity index (χ0) is 13.4. The summed E-state index contributed by atoms with van der Waals surface area (Å²) in [6.45, 7) is 2.83. The molecular formula is C14H16N4O. The summed E-state index contributed by atoms with van der Waals surface area (Å²) in [5, 5.41) is 13.4. The van der Waals surface area contributed by atoms with Crippen molar-refractivity contribution < 1.29 is 4.79 Å². The number of carbonyl (C=O) groups excluding carboxylic acids is 1. The molecule has 1 aliphatic heterocycles. The molecule has 0 saturated carbocycles. The number of nitrogens with one attached hydrogen (secondary N) is 3. The van der Waals surface area contributed by atoms with Gasteiger partial charge in [0.15, 0.2) is 0 Å². The molecule has 0 aliphatic carbocycles. The normalized spacial score (nSPS) is 13.5. The molecule has 1 aliphatic rings. The predicted molar refractivity (Wildman–Crippen MR) is 73.9 cm³/mol. The Morgan fingerprint density at radius 2 is 2.26 bits per heavy atom. The Hall–Kier alpha value is -2.14. The number of nitrogens with zero attached hydrogens (tertiary/aromatic N) is 1. The molecule has 3 rings (SSSR count). The van der Waals surface area contributed by atoms with Gasteiger partial charge in [0, 0.05) is 17.8 Å². The van der Waals surface area contributed by atoms with Crippen molar-refractivity contribution in [1.82, 2.24) is 15.5 Å². The van der Waals surface area contributed by atoms with Crippen molar-refractivity contribution in [2.75, 3.05) is 12.4 Å². The molecule has 0 spiro atoms. The number of H-pyrrole nitrogens is 1. The van der Waals surface area contributed by atoms with Crippen molar-refractivity contribution in [2.45, 2.75) is 19.9 Å². The molecule has 2 aromatic rings. The summed E-state index contributed by atoms with van der Waals surface area (Å²) >= 11 is 0. The fourth-order valence-corrected chi connectivity index (χ4v) is 2.44. The fraction of sp³-hybridized carbons (Fsp3) is 0.286. The predicted octanol–water partition coefficient (Wildman–Crippen LogP) is 1.60. The maximum Gasteiger partial charge on any atom is 0.228 e. The first kappa shape index (κ1) is 11.9. The van der Waals surface area contributed by atoms with Gasteiger partial charge in [0.2, 0.25) is 5.91 Å². The highest BCUT2D eigenvalue weighted by molar-refractivity contribution is 5.99. The van der Waals surface area contributed by atoms with E-state index < -0.39 is 0 Å². The minimum Gasteiger partial charge on any atom is -0.326 e. The van der Waals surface area contributed by atoms with Gasteiger partial charge in [-0.2, -0.15) is 5.10 Å². The van der Waals surface area contributed by atoms with Crippen LogP contribution in [0.3, 0.4) is 0 Å². The molecule has 0 unspecified atom stereocenters. The molecule has 0 bridgehead atoms. The monoisotopic (exact) mass is 256 g/mol. The lowest BCUT2D eigenvalue weighted by atomic mass is 10.0. The Morgan fingerprint density at radius 1 is 1.42 bits per heavy atom. The lowest BCUT2D eigenvalue weighted by Crippen LogP contribution is -2.06. The number of hydrogen-bond acceptors (Lipinski definition) is 3. The minimum atomic E-state index is 0.0572. The zero-order valence-electron chi connectivity index (χ0n) is 11.0. The second kappa shape index (κ2) is 4.51. The van der Waals surface area contributed by atoms with Crippen molar-refractivity contribution >= 4 is 11.6 Å².